The lowest BCUT2D eigenvalue weighted by molar-refractivity contribution is -0.138. The summed E-state index contributed by atoms with van der Waals surface area (Å²) in [6.45, 7) is 0. The van der Waals surface area contributed by atoms with E-state index in [1.54, 1.807) is 0 Å². The predicted octanol–water partition coefficient (Wildman–Crippen LogP) is -0.120. The summed E-state index contributed by atoms with van der Waals surface area (Å²) in [4.78, 5) is 9.93. The van der Waals surface area contributed by atoms with Gasteiger partial charge in [0, 0.05) is 0 Å². The van der Waals surface area contributed by atoms with E-state index in [1.807, 2.05) is 0 Å². The van der Waals surface area contributed by atoms with E-state index >= 15 is 0 Å². The van der Waals surface area contributed by atoms with Crippen LogP contribution in [0.4, 0.5) is 0 Å². The minimum Gasteiger partial charge on any atom is -0.480 e. The molecule has 0 aromatic carbocycles. The van der Waals surface area contributed by atoms with Gasteiger partial charge < -0.3 is 17.0 Å². The van der Waals surface area contributed by atoms with Crippen molar-refractivity contribution in [2.45, 2.75) is 12.5 Å². The number of rotatable bonds is 3. The zero-order chi connectivity index (χ0) is 6.57. The summed E-state index contributed by atoms with van der Waals surface area (Å²) in [5.74, 6) is -0.438. The van der Waals surface area contributed by atoms with Crippen molar-refractivity contribution in [3.63, 3.8) is 0 Å². The van der Waals surface area contributed by atoms with Gasteiger partial charge in [0.1, 0.15) is 6.04 Å². The van der Waals surface area contributed by atoms with Gasteiger partial charge in [-0.05, 0) is 12.2 Å². The Morgan fingerprint density at radius 3 is 2.33 bits per heavy atom. The second kappa shape index (κ2) is 5.87. The predicted molar refractivity (Wildman–Crippen MR) is 39.1 cm³/mol. The monoisotopic (exact) mass is 152 g/mol. The van der Waals surface area contributed by atoms with Crippen molar-refractivity contribution >= 4 is 18.6 Å². The molecule has 0 fully saturated rings. The first-order valence-electron chi connectivity index (χ1n) is 2.27. The van der Waals surface area contributed by atoms with Gasteiger partial charge in [-0.25, -0.2) is 0 Å². The second-order valence-electron chi connectivity index (χ2n) is 1.46. The van der Waals surface area contributed by atoms with Crippen molar-refractivity contribution in [2.75, 3.05) is 5.75 Å². The van der Waals surface area contributed by atoms with Gasteiger partial charge >= 0.3 is 5.97 Å². The SMILES string of the molecule is N.NC(CCS)C(=O)O. The van der Waals surface area contributed by atoms with E-state index in [2.05, 4.69) is 12.6 Å². The van der Waals surface area contributed by atoms with Crippen LogP contribution in [0, 0.1) is 0 Å². The average Bonchev–Trinajstić information content (AvgIpc) is 1.67. The Hall–Kier alpha value is -0.260. The molecule has 0 aromatic rings. The van der Waals surface area contributed by atoms with E-state index < -0.39 is 12.0 Å². The van der Waals surface area contributed by atoms with Crippen LogP contribution in [0.1, 0.15) is 6.42 Å². The summed E-state index contributed by atoms with van der Waals surface area (Å²) >= 11 is 3.81. The summed E-state index contributed by atoms with van der Waals surface area (Å²) in [6, 6.07) is -0.743. The van der Waals surface area contributed by atoms with Gasteiger partial charge in [-0.3, -0.25) is 4.79 Å². The van der Waals surface area contributed by atoms with Gasteiger partial charge in [0.25, 0.3) is 0 Å². The van der Waals surface area contributed by atoms with Gasteiger partial charge in [-0.2, -0.15) is 12.6 Å². The second-order valence-corrected chi connectivity index (χ2v) is 1.90. The molecule has 5 heteroatoms. The average molecular weight is 152 g/mol. The Morgan fingerprint density at radius 1 is 1.78 bits per heavy atom. The number of hydrogen-bond donors (Lipinski definition) is 4. The Bertz CT molecular complexity index is 88.6. The molecule has 1 unspecified atom stereocenters. The molecule has 0 aliphatic carbocycles. The number of aliphatic carboxylic acids is 1. The first kappa shape index (κ1) is 11.5. The number of carbonyl (C=O) groups is 1. The van der Waals surface area contributed by atoms with Crippen LogP contribution < -0.4 is 11.9 Å². The number of carboxylic acids is 1. The smallest absolute Gasteiger partial charge is 0.320 e. The molecule has 0 amide bonds. The Kier molecular flexibility index (Phi) is 7.52. The van der Waals surface area contributed by atoms with Gasteiger partial charge in [0.15, 0.2) is 0 Å². The molecule has 56 valence electrons. The quantitative estimate of drug-likeness (QED) is 0.424. The van der Waals surface area contributed by atoms with Crippen molar-refractivity contribution in [1.29, 1.82) is 0 Å². The minimum atomic E-state index is -0.959. The summed E-state index contributed by atoms with van der Waals surface area (Å²) in [7, 11) is 0. The van der Waals surface area contributed by atoms with Crippen LogP contribution in [0.3, 0.4) is 0 Å². The fourth-order valence-corrected chi connectivity index (χ4v) is 0.541. The fourth-order valence-electron chi connectivity index (χ4n) is 0.263. The van der Waals surface area contributed by atoms with Crippen LogP contribution in [-0.4, -0.2) is 22.9 Å². The third kappa shape index (κ3) is 5.61. The first-order valence-corrected chi connectivity index (χ1v) is 2.91. The van der Waals surface area contributed by atoms with Crippen LogP contribution >= 0.6 is 12.6 Å². The minimum absolute atomic E-state index is 0. The zero-order valence-corrected chi connectivity index (χ0v) is 5.97. The molecule has 0 saturated heterocycles. The molecule has 0 saturated carbocycles. The molecule has 4 nitrogen and oxygen atoms in total. The summed E-state index contributed by atoms with van der Waals surface area (Å²) < 4.78 is 0. The van der Waals surface area contributed by atoms with Gasteiger partial charge in [-0.1, -0.05) is 0 Å². The van der Waals surface area contributed by atoms with E-state index in [-0.39, 0.29) is 6.15 Å². The topological polar surface area (TPSA) is 98.3 Å². The molecule has 0 rings (SSSR count). The molecule has 0 aliphatic heterocycles. The molecule has 0 bridgehead atoms. The normalized spacial score (nSPS) is 11.8. The maximum absolute atomic E-state index is 9.93. The Labute approximate surface area is 59.4 Å². The molecule has 0 aliphatic rings. The molecular formula is C4H12N2O2S. The lowest BCUT2D eigenvalue weighted by Gasteiger charge is -2.00. The zero-order valence-electron chi connectivity index (χ0n) is 5.08. The van der Waals surface area contributed by atoms with Gasteiger partial charge in [-0.15, -0.1) is 0 Å². The van der Waals surface area contributed by atoms with E-state index in [0.717, 1.165) is 0 Å². The highest BCUT2D eigenvalue weighted by Gasteiger charge is 2.08. The molecule has 0 aromatic heterocycles. The van der Waals surface area contributed by atoms with Crippen LogP contribution in [0.5, 0.6) is 0 Å². The largest absolute Gasteiger partial charge is 0.480 e. The van der Waals surface area contributed by atoms with Gasteiger partial charge in [0.05, 0.1) is 0 Å². The number of thiol groups is 1. The van der Waals surface area contributed by atoms with Crippen molar-refractivity contribution in [2.24, 2.45) is 5.73 Å². The summed E-state index contributed by atoms with van der Waals surface area (Å²) in [5, 5.41) is 8.15. The van der Waals surface area contributed by atoms with Gasteiger partial charge in [0.2, 0.25) is 0 Å². The highest BCUT2D eigenvalue weighted by atomic mass is 32.1. The number of nitrogens with two attached hydrogens (primary N) is 1. The summed E-state index contributed by atoms with van der Waals surface area (Å²) in [5.41, 5.74) is 5.08. The Morgan fingerprint density at radius 2 is 2.22 bits per heavy atom. The molecule has 0 heterocycles. The van der Waals surface area contributed by atoms with Crippen LogP contribution in [-0.2, 0) is 4.79 Å². The van der Waals surface area contributed by atoms with E-state index in [0.29, 0.717) is 12.2 Å². The molecule has 0 spiro atoms. The van der Waals surface area contributed by atoms with Crippen LogP contribution in [0.2, 0.25) is 0 Å². The standard InChI is InChI=1S/C4H9NO2S.H3N/c5-3(1-2-8)4(6)7;/h3,8H,1-2,5H2,(H,6,7);1H3. The third-order valence-corrected chi connectivity index (χ3v) is 1.02. The van der Waals surface area contributed by atoms with Crippen molar-refractivity contribution < 1.29 is 9.90 Å². The van der Waals surface area contributed by atoms with Crippen molar-refractivity contribution in [1.82, 2.24) is 6.15 Å². The third-order valence-electron chi connectivity index (χ3n) is 0.757. The Balaban J connectivity index is 0. The molecule has 9 heavy (non-hydrogen) atoms. The van der Waals surface area contributed by atoms with Crippen molar-refractivity contribution in [3.05, 3.63) is 0 Å². The molecule has 6 N–H and O–H groups in total. The maximum atomic E-state index is 9.93. The van der Waals surface area contributed by atoms with Crippen LogP contribution in [0.15, 0.2) is 0 Å². The van der Waals surface area contributed by atoms with Crippen molar-refractivity contribution in [3.8, 4) is 0 Å². The van der Waals surface area contributed by atoms with E-state index in [4.69, 9.17) is 10.8 Å². The lowest BCUT2D eigenvalue weighted by Crippen LogP contribution is -2.30. The number of carboxylic acid groups (broad SMARTS) is 1. The first-order chi connectivity index (χ1) is 3.68. The number of hydrogen-bond acceptors (Lipinski definition) is 4. The molecular weight excluding hydrogens is 140 g/mol. The van der Waals surface area contributed by atoms with E-state index in [9.17, 15) is 4.79 Å². The highest BCUT2D eigenvalue weighted by molar-refractivity contribution is 7.80. The van der Waals surface area contributed by atoms with E-state index in [1.165, 1.54) is 0 Å². The molecule has 0 radical (unpaired) electrons. The molecule has 1 atom stereocenters. The fraction of sp³-hybridized carbons (Fsp3) is 0.750. The lowest BCUT2D eigenvalue weighted by atomic mass is 10.2. The highest BCUT2D eigenvalue weighted by Crippen LogP contribution is 1.88. The summed E-state index contributed by atoms with van der Waals surface area (Å²) in [6.07, 6.45) is 0.429. The van der Waals surface area contributed by atoms with Crippen LogP contribution in [0.25, 0.3) is 0 Å². The maximum Gasteiger partial charge on any atom is 0.320 e.